The van der Waals surface area contributed by atoms with Gasteiger partial charge in [0, 0.05) is 19.6 Å². The number of benzene rings is 1. The molecule has 15 heavy (non-hydrogen) atoms. The second-order valence-electron chi connectivity index (χ2n) is 4.90. The molecular weight excluding hydrogens is 184 g/mol. The highest BCUT2D eigenvalue weighted by Crippen LogP contribution is 2.32. The highest BCUT2D eigenvalue weighted by Gasteiger charge is 2.23. The van der Waals surface area contributed by atoms with Crippen molar-refractivity contribution in [2.75, 3.05) is 23.8 Å². The molecule has 1 unspecified atom stereocenters. The summed E-state index contributed by atoms with van der Waals surface area (Å²) in [5.74, 6) is 0.668. The topological polar surface area (TPSA) is 15.3 Å². The summed E-state index contributed by atoms with van der Waals surface area (Å²) in [5.41, 5.74) is 3.92. The minimum atomic E-state index is 0.560. The lowest BCUT2D eigenvalue weighted by molar-refractivity contribution is 0.514. The fourth-order valence-corrected chi connectivity index (χ4v) is 2.10. The predicted molar refractivity (Wildman–Crippen MR) is 66.7 cm³/mol. The van der Waals surface area contributed by atoms with Crippen molar-refractivity contribution in [1.29, 1.82) is 0 Å². The summed E-state index contributed by atoms with van der Waals surface area (Å²) < 4.78 is 0. The van der Waals surface area contributed by atoms with Crippen molar-refractivity contribution in [1.82, 2.24) is 0 Å². The van der Waals surface area contributed by atoms with Crippen LogP contribution in [0.1, 0.15) is 19.4 Å². The highest BCUT2D eigenvalue weighted by atomic mass is 15.2. The van der Waals surface area contributed by atoms with Crippen LogP contribution < -0.4 is 10.2 Å². The van der Waals surface area contributed by atoms with Crippen LogP contribution in [0, 0.1) is 12.8 Å². The summed E-state index contributed by atoms with van der Waals surface area (Å²) >= 11 is 0. The lowest BCUT2D eigenvalue weighted by atomic mass is 10.00. The third-order valence-electron chi connectivity index (χ3n) is 3.18. The Balaban J connectivity index is 2.32. The lowest BCUT2D eigenvalue weighted by Crippen LogP contribution is -2.42. The normalized spacial score (nSPS) is 20.1. The van der Waals surface area contributed by atoms with Gasteiger partial charge in [-0.05, 0) is 30.5 Å². The zero-order valence-corrected chi connectivity index (χ0v) is 10.0. The van der Waals surface area contributed by atoms with Crippen LogP contribution in [0.25, 0.3) is 0 Å². The van der Waals surface area contributed by atoms with Crippen LogP contribution in [-0.2, 0) is 0 Å². The number of aryl methyl sites for hydroxylation is 1. The van der Waals surface area contributed by atoms with Crippen LogP contribution in [0.3, 0.4) is 0 Å². The van der Waals surface area contributed by atoms with E-state index >= 15 is 0 Å². The van der Waals surface area contributed by atoms with E-state index in [0.29, 0.717) is 12.0 Å². The third kappa shape index (κ3) is 1.94. The second-order valence-corrected chi connectivity index (χ2v) is 4.90. The van der Waals surface area contributed by atoms with Gasteiger partial charge in [0.25, 0.3) is 0 Å². The first-order valence-electron chi connectivity index (χ1n) is 5.66. The predicted octanol–water partition coefficient (Wildman–Crippen LogP) is 2.88. The molecule has 0 saturated heterocycles. The molecule has 1 aromatic rings. The number of rotatable bonds is 1. The number of anilines is 2. The summed E-state index contributed by atoms with van der Waals surface area (Å²) in [6.07, 6.45) is 0. The molecule has 2 nitrogen and oxygen atoms in total. The van der Waals surface area contributed by atoms with E-state index in [4.69, 9.17) is 0 Å². The van der Waals surface area contributed by atoms with E-state index < -0.39 is 0 Å². The third-order valence-corrected chi connectivity index (χ3v) is 3.18. The van der Waals surface area contributed by atoms with E-state index in [1.165, 1.54) is 16.9 Å². The molecule has 1 aliphatic heterocycles. The number of hydrogen-bond donors (Lipinski definition) is 1. The highest BCUT2D eigenvalue weighted by molar-refractivity contribution is 5.73. The molecule has 2 rings (SSSR count). The standard InChI is InChI=1S/C13H20N2/c1-9(2)12-8-15(4)13-7-10(3)5-6-11(13)14-12/h5-7,9,12,14H,8H2,1-4H3. The Kier molecular flexibility index (Phi) is 2.59. The Hall–Kier alpha value is -1.18. The molecule has 0 aromatic heterocycles. The molecule has 0 amide bonds. The fourth-order valence-electron chi connectivity index (χ4n) is 2.10. The number of hydrogen-bond acceptors (Lipinski definition) is 2. The molecule has 0 fully saturated rings. The summed E-state index contributed by atoms with van der Waals surface area (Å²) in [6.45, 7) is 7.77. The number of likely N-dealkylation sites (N-methyl/N-ethyl adjacent to an activating group) is 1. The summed E-state index contributed by atoms with van der Waals surface area (Å²) in [7, 11) is 2.18. The Bertz CT molecular complexity index is 358. The molecule has 1 atom stereocenters. The summed E-state index contributed by atoms with van der Waals surface area (Å²) in [5, 5.41) is 3.61. The average Bonchev–Trinajstić information content (AvgIpc) is 2.18. The first-order chi connectivity index (χ1) is 7.08. The Labute approximate surface area is 92.3 Å². The van der Waals surface area contributed by atoms with Gasteiger partial charge in [0.05, 0.1) is 11.4 Å². The first-order valence-corrected chi connectivity index (χ1v) is 5.66. The van der Waals surface area contributed by atoms with Gasteiger partial charge in [-0.1, -0.05) is 19.9 Å². The maximum atomic E-state index is 3.61. The van der Waals surface area contributed by atoms with E-state index in [0.717, 1.165) is 6.54 Å². The van der Waals surface area contributed by atoms with Gasteiger partial charge in [0.1, 0.15) is 0 Å². The van der Waals surface area contributed by atoms with Gasteiger partial charge >= 0.3 is 0 Å². The van der Waals surface area contributed by atoms with E-state index in [1.54, 1.807) is 0 Å². The van der Waals surface area contributed by atoms with E-state index in [2.05, 4.69) is 56.2 Å². The van der Waals surface area contributed by atoms with Crippen molar-refractivity contribution in [2.24, 2.45) is 5.92 Å². The largest absolute Gasteiger partial charge is 0.379 e. The lowest BCUT2D eigenvalue weighted by Gasteiger charge is -2.37. The van der Waals surface area contributed by atoms with Crippen LogP contribution in [0.2, 0.25) is 0 Å². The SMILES string of the molecule is Cc1ccc2c(c1)N(C)CC(C(C)C)N2. The maximum Gasteiger partial charge on any atom is 0.0602 e. The van der Waals surface area contributed by atoms with Crippen LogP contribution in [-0.4, -0.2) is 19.6 Å². The first kappa shape index (κ1) is 10.3. The Morgan fingerprint density at radius 2 is 2.13 bits per heavy atom. The molecule has 1 aromatic carbocycles. The summed E-state index contributed by atoms with van der Waals surface area (Å²) in [4.78, 5) is 2.35. The molecule has 1 aliphatic rings. The molecule has 1 heterocycles. The molecule has 0 bridgehead atoms. The van der Waals surface area contributed by atoms with Crippen molar-refractivity contribution in [2.45, 2.75) is 26.8 Å². The van der Waals surface area contributed by atoms with Crippen LogP contribution >= 0.6 is 0 Å². The Morgan fingerprint density at radius 3 is 2.80 bits per heavy atom. The monoisotopic (exact) mass is 204 g/mol. The van der Waals surface area contributed by atoms with Gasteiger partial charge < -0.3 is 10.2 Å². The maximum absolute atomic E-state index is 3.61. The molecule has 82 valence electrons. The quantitative estimate of drug-likeness (QED) is 0.756. The van der Waals surface area contributed by atoms with Gasteiger partial charge in [-0.25, -0.2) is 0 Å². The fraction of sp³-hybridized carbons (Fsp3) is 0.538. The summed E-state index contributed by atoms with van der Waals surface area (Å²) in [6, 6.07) is 7.17. The molecule has 0 spiro atoms. The van der Waals surface area contributed by atoms with Crippen molar-refractivity contribution in [3.63, 3.8) is 0 Å². The minimum Gasteiger partial charge on any atom is -0.379 e. The second kappa shape index (κ2) is 3.76. The van der Waals surface area contributed by atoms with Crippen molar-refractivity contribution in [3.05, 3.63) is 23.8 Å². The van der Waals surface area contributed by atoms with E-state index in [1.807, 2.05) is 0 Å². The van der Waals surface area contributed by atoms with Crippen LogP contribution in [0.5, 0.6) is 0 Å². The molecule has 0 radical (unpaired) electrons. The molecule has 1 N–H and O–H groups in total. The van der Waals surface area contributed by atoms with Gasteiger partial charge in [-0.15, -0.1) is 0 Å². The van der Waals surface area contributed by atoms with E-state index in [-0.39, 0.29) is 0 Å². The molecule has 2 heteroatoms. The number of nitrogens with zero attached hydrogens (tertiary/aromatic N) is 1. The average molecular weight is 204 g/mol. The van der Waals surface area contributed by atoms with Crippen molar-refractivity contribution >= 4 is 11.4 Å². The zero-order chi connectivity index (χ0) is 11.0. The van der Waals surface area contributed by atoms with Gasteiger partial charge in [-0.2, -0.15) is 0 Å². The minimum absolute atomic E-state index is 0.560. The number of fused-ring (bicyclic) bond motifs is 1. The van der Waals surface area contributed by atoms with Gasteiger partial charge in [0.2, 0.25) is 0 Å². The molecule has 0 saturated carbocycles. The van der Waals surface area contributed by atoms with Gasteiger partial charge in [-0.3, -0.25) is 0 Å². The molecular formula is C13H20N2. The van der Waals surface area contributed by atoms with Crippen LogP contribution in [0.15, 0.2) is 18.2 Å². The number of nitrogens with one attached hydrogen (secondary N) is 1. The van der Waals surface area contributed by atoms with Crippen LogP contribution in [0.4, 0.5) is 11.4 Å². The van der Waals surface area contributed by atoms with E-state index in [9.17, 15) is 0 Å². The van der Waals surface area contributed by atoms with Crippen molar-refractivity contribution < 1.29 is 0 Å². The van der Waals surface area contributed by atoms with Gasteiger partial charge in [0.15, 0.2) is 0 Å². The van der Waals surface area contributed by atoms with Crippen molar-refractivity contribution in [3.8, 4) is 0 Å². The molecule has 0 aliphatic carbocycles. The Morgan fingerprint density at radius 1 is 1.40 bits per heavy atom. The zero-order valence-electron chi connectivity index (χ0n) is 10.0. The smallest absolute Gasteiger partial charge is 0.0602 e.